The Morgan fingerprint density at radius 1 is 0.652 bits per heavy atom. The van der Waals surface area contributed by atoms with Crippen molar-refractivity contribution in [2.24, 2.45) is 0 Å². The molecule has 0 aliphatic carbocycles. The van der Waals surface area contributed by atoms with Gasteiger partial charge in [0.15, 0.2) is 0 Å². The Hall–Kier alpha value is -2.94. The highest BCUT2D eigenvalue weighted by atomic mass is 15.5. The average molecular weight is 299 g/mol. The maximum absolute atomic E-state index is 4.58. The standard InChI is InChI=1S/C20H17N3/c1-15(23-21-19-9-5-6-10-20(19)22-23)16-11-13-18(14-12-16)17-7-3-2-4-8-17/h2-15H,1H3. The highest BCUT2D eigenvalue weighted by Gasteiger charge is 2.11. The van der Waals surface area contributed by atoms with E-state index >= 15 is 0 Å². The Labute approximate surface area is 135 Å². The third kappa shape index (κ3) is 2.61. The molecule has 0 radical (unpaired) electrons. The molecule has 1 heterocycles. The van der Waals surface area contributed by atoms with E-state index in [9.17, 15) is 0 Å². The number of nitrogens with zero attached hydrogens (tertiary/aromatic N) is 3. The monoisotopic (exact) mass is 299 g/mol. The molecule has 4 aromatic rings. The van der Waals surface area contributed by atoms with Gasteiger partial charge in [-0.3, -0.25) is 0 Å². The minimum absolute atomic E-state index is 0.104. The third-order valence-electron chi connectivity index (χ3n) is 4.15. The predicted molar refractivity (Wildman–Crippen MR) is 93.2 cm³/mol. The normalized spacial score (nSPS) is 12.4. The molecular weight excluding hydrogens is 282 g/mol. The molecule has 0 N–H and O–H groups in total. The number of fused-ring (bicyclic) bond motifs is 1. The van der Waals surface area contributed by atoms with Crippen LogP contribution in [0.1, 0.15) is 18.5 Å². The molecule has 0 spiro atoms. The van der Waals surface area contributed by atoms with Crippen molar-refractivity contribution in [3.05, 3.63) is 84.4 Å². The van der Waals surface area contributed by atoms with Crippen LogP contribution in [0.4, 0.5) is 0 Å². The highest BCUT2D eigenvalue weighted by molar-refractivity contribution is 5.73. The summed E-state index contributed by atoms with van der Waals surface area (Å²) in [5.74, 6) is 0. The fourth-order valence-corrected chi connectivity index (χ4v) is 2.77. The lowest BCUT2D eigenvalue weighted by atomic mass is 10.0. The molecule has 3 heteroatoms. The van der Waals surface area contributed by atoms with Gasteiger partial charge in [0.2, 0.25) is 0 Å². The van der Waals surface area contributed by atoms with Crippen LogP contribution >= 0.6 is 0 Å². The Kier molecular flexibility index (Phi) is 3.39. The SMILES string of the molecule is CC(c1ccc(-c2ccccc2)cc1)n1nc2ccccc2n1. The van der Waals surface area contributed by atoms with Gasteiger partial charge in [0.1, 0.15) is 11.0 Å². The van der Waals surface area contributed by atoms with Crippen molar-refractivity contribution < 1.29 is 0 Å². The van der Waals surface area contributed by atoms with Crippen molar-refractivity contribution in [1.82, 2.24) is 15.0 Å². The second-order valence-corrected chi connectivity index (χ2v) is 5.67. The van der Waals surface area contributed by atoms with Crippen LogP contribution in [0, 0.1) is 0 Å². The molecule has 0 bridgehead atoms. The van der Waals surface area contributed by atoms with E-state index in [4.69, 9.17) is 0 Å². The Bertz CT molecular complexity index is 891. The summed E-state index contributed by atoms with van der Waals surface area (Å²) >= 11 is 0. The summed E-state index contributed by atoms with van der Waals surface area (Å²) in [7, 11) is 0. The maximum Gasteiger partial charge on any atom is 0.113 e. The molecule has 3 nitrogen and oxygen atoms in total. The van der Waals surface area contributed by atoms with Crippen LogP contribution in [-0.4, -0.2) is 15.0 Å². The number of hydrogen-bond donors (Lipinski definition) is 0. The second kappa shape index (κ2) is 5.69. The van der Waals surface area contributed by atoms with E-state index in [2.05, 4.69) is 65.7 Å². The second-order valence-electron chi connectivity index (χ2n) is 5.67. The summed E-state index contributed by atoms with van der Waals surface area (Å²) in [6.45, 7) is 2.12. The first-order valence-electron chi connectivity index (χ1n) is 7.78. The molecule has 23 heavy (non-hydrogen) atoms. The zero-order valence-corrected chi connectivity index (χ0v) is 12.9. The lowest BCUT2D eigenvalue weighted by molar-refractivity contribution is 0.499. The first kappa shape index (κ1) is 13.7. The van der Waals surface area contributed by atoms with E-state index in [0.717, 1.165) is 11.0 Å². The van der Waals surface area contributed by atoms with Crippen molar-refractivity contribution in [2.45, 2.75) is 13.0 Å². The van der Waals surface area contributed by atoms with Crippen molar-refractivity contribution in [3.8, 4) is 11.1 Å². The Balaban J connectivity index is 1.64. The van der Waals surface area contributed by atoms with Gasteiger partial charge in [-0.25, -0.2) is 0 Å². The van der Waals surface area contributed by atoms with Crippen molar-refractivity contribution in [2.75, 3.05) is 0 Å². The third-order valence-corrected chi connectivity index (χ3v) is 4.15. The van der Waals surface area contributed by atoms with Crippen LogP contribution in [0.5, 0.6) is 0 Å². The summed E-state index contributed by atoms with van der Waals surface area (Å²) in [6.07, 6.45) is 0. The molecule has 3 aromatic carbocycles. The van der Waals surface area contributed by atoms with Gasteiger partial charge in [-0.15, -0.1) is 0 Å². The van der Waals surface area contributed by atoms with Crippen molar-refractivity contribution >= 4 is 11.0 Å². The topological polar surface area (TPSA) is 30.7 Å². The predicted octanol–water partition coefficient (Wildman–Crippen LogP) is 4.71. The fourth-order valence-electron chi connectivity index (χ4n) is 2.77. The molecule has 0 saturated heterocycles. The fraction of sp³-hybridized carbons (Fsp3) is 0.100. The number of hydrogen-bond acceptors (Lipinski definition) is 2. The van der Waals surface area contributed by atoms with E-state index in [-0.39, 0.29) is 6.04 Å². The van der Waals surface area contributed by atoms with Gasteiger partial charge in [0.05, 0.1) is 6.04 Å². The van der Waals surface area contributed by atoms with Gasteiger partial charge < -0.3 is 0 Å². The number of rotatable bonds is 3. The van der Waals surface area contributed by atoms with E-state index in [1.807, 2.05) is 30.3 Å². The molecule has 0 aliphatic rings. The van der Waals surface area contributed by atoms with Crippen LogP contribution in [0.3, 0.4) is 0 Å². The van der Waals surface area contributed by atoms with Crippen LogP contribution in [-0.2, 0) is 0 Å². The first-order valence-corrected chi connectivity index (χ1v) is 7.78. The highest BCUT2D eigenvalue weighted by Crippen LogP contribution is 2.23. The molecule has 112 valence electrons. The lowest BCUT2D eigenvalue weighted by Crippen LogP contribution is -2.10. The molecule has 1 atom stereocenters. The largest absolute Gasteiger partial charge is 0.176 e. The number of benzene rings is 3. The van der Waals surface area contributed by atoms with Gasteiger partial charge in [-0.2, -0.15) is 15.0 Å². The smallest absolute Gasteiger partial charge is 0.113 e. The molecule has 0 fully saturated rings. The average Bonchev–Trinajstić information content (AvgIpc) is 3.06. The van der Waals surface area contributed by atoms with Crippen LogP contribution < -0.4 is 0 Å². The first-order chi connectivity index (χ1) is 11.3. The van der Waals surface area contributed by atoms with Crippen LogP contribution in [0.25, 0.3) is 22.2 Å². The van der Waals surface area contributed by atoms with Gasteiger partial charge >= 0.3 is 0 Å². The molecular formula is C20H17N3. The molecule has 1 unspecified atom stereocenters. The van der Waals surface area contributed by atoms with E-state index in [0.29, 0.717) is 0 Å². The minimum atomic E-state index is 0.104. The summed E-state index contributed by atoms with van der Waals surface area (Å²) in [4.78, 5) is 1.79. The van der Waals surface area contributed by atoms with Crippen molar-refractivity contribution in [3.63, 3.8) is 0 Å². The maximum atomic E-state index is 4.58. The molecule has 0 aliphatic heterocycles. The lowest BCUT2D eigenvalue weighted by Gasteiger charge is -2.11. The van der Waals surface area contributed by atoms with Crippen molar-refractivity contribution in [1.29, 1.82) is 0 Å². The zero-order chi connectivity index (χ0) is 15.6. The van der Waals surface area contributed by atoms with Gasteiger partial charge in [0.25, 0.3) is 0 Å². The van der Waals surface area contributed by atoms with E-state index in [1.54, 1.807) is 4.80 Å². The molecule has 4 rings (SSSR count). The zero-order valence-electron chi connectivity index (χ0n) is 12.9. The summed E-state index contributed by atoms with van der Waals surface area (Å²) in [6, 6.07) is 27.1. The van der Waals surface area contributed by atoms with E-state index < -0.39 is 0 Å². The van der Waals surface area contributed by atoms with Crippen LogP contribution in [0.2, 0.25) is 0 Å². The quantitative estimate of drug-likeness (QED) is 0.548. The molecule has 1 aromatic heterocycles. The molecule has 0 amide bonds. The summed E-state index contributed by atoms with van der Waals surface area (Å²) in [5.41, 5.74) is 5.51. The Morgan fingerprint density at radius 3 is 1.78 bits per heavy atom. The molecule has 0 saturated carbocycles. The Morgan fingerprint density at radius 2 is 1.17 bits per heavy atom. The van der Waals surface area contributed by atoms with Gasteiger partial charge in [-0.1, -0.05) is 66.7 Å². The van der Waals surface area contributed by atoms with E-state index in [1.165, 1.54) is 16.7 Å². The van der Waals surface area contributed by atoms with Crippen LogP contribution in [0.15, 0.2) is 78.9 Å². The van der Waals surface area contributed by atoms with Gasteiger partial charge in [-0.05, 0) is 35.7 Å². The minimum Gasteiger partial charge on any atom is -0.176 e. The van der Waals surface area contributed by atoms with Gasteiger partial charge in [0, 0.05) is 0 Å². The summed E-state index contributed by atoms with van der Waals surface area (Å²) < 4.78 is 0. The summed E-state index contributed by atoms with van der Waals surface area (Å²) in [5, 5.41) is 9.15. The number of aromatic nitrogens is 3.